The van der Waals surface area contributed by atoms with Gasteiger partial charge in [0, 0.05) is 25.7 Å². The molecule has 1 unspecified atom stereocenters. The van der Waals surface area contributed by atoms with Gasteiger partial charge in [-0.15, -0.1) is 0 Å². The van der Waals surface area contributed by atoms with Crippen molar-refractivity contribution in [3.8, 4) is 11.8 Å². The van der Waals surface area contributed by atoms with Crippen molar-refractivity contribution in [1.29, 1.82) is 0 Å². The number of aliphatic hydroxyl groups is 1. The van der Waals surface area contributed by atoms with Crippen LogP contribution >= 0.6 is 11.6 Å². The summed E-state index contributed by atoms with van der Waals surface area (Å²) in [6.45, 7) is 2.26. The number of hydrogen-bond donors (Lipinski definition) is 2. The Balaban J connectivity index is 2.73. The van der Waals surface area contributed by atoms with Crippen LogP contribution in [0.1, 0.15) is 18.9 Å². The molecule has 0 aliphatic heterocycles. The van der Waals surface area contributed by atoms with E-state index in [2.05, 4.69) is 17.2 Å². The lowest BCUT2D eigenvalue weighted by atomic mass is 10.1. The minimum atomic E-state index is -0.209. The third-order valence-corrected chi connectivity index (χ3v) is 2.87. The third-order valence-electron chi connectivity index (χ3n) is 2.54. The van der Waals surface area contributed by atoms with Crippen LogP contribution in [0, 0.1) is 17.8 Å². The predicted molar refractivity (Wildman–Crippen MR) is 79.7 cm³/mol. The molecule has 20 heavy (non-hydrogen) atoms. The largest absolute Gasteiger partial charge is 0.384 e. The Labute approximate surface area is 124 Å². The van der Waals surface area contributed by atoms with Crippen molar-refractivity contribution in [3.05, 3.63) is 28.8 Å². The second-order valence-corrected chi connectivity index (χ2v) is 4.87. The predicted octanol–water partition coefficient (Wildman–Crippen LogP) is 2.29. The second kappa shape index (κ2) is 8.60. The first kappa shape index (κ1) is 16.5. The molecule has 0 saturated carbocycles. The van der Waals surface area contributed by atoms with Gasteiger partial charge in [-0.1, -0.05) is 30.4 Å². The average Bonchev–Trinajstić information content (AvgIpc) is 2.39. The highest BCUT2D eigenvalue weighted by atomic mass is 35.5. The van der Waals surface area contributed by atoms with Gasteiger partial charge >= 0.3 is 0 Å². The number of amides is 1. The van der Waals surface area contributed by atoms with Crippen molar-refractivity contribution >= 4 is 23.2 Å². The maximum atomic E-state index is 11.9. The fraction of sp³-hybridized carbons (Fsp3) is 0.400. The monoisotopic (exact) mass is 295 g/mol. The van der Waals surface area contributed by atoms with E-state index in [0.29, 0.717) is 29.3 Å². The molecular formula is C15H18ClNO3. The van der Waals surface area contributed by atoms with Crippen LogP contribution in [-0.4, -0.2) is 31.3 Å². The van der Waals surface area contributed by atoms with E-state index in [4.69, 9.17) is 21.4 Å². The van der Waals surface area contributed by atoms with Gasteiger partial charge in [0.25, 0.3) is 0 Å². The van der Waals surface area contributed by atoms with Gasteiger partial charge in [0.2, 0.25) is 5.91 Å². The summed E-state index contributed by atoms with van der Waals surface area (Å²) >= 11 is 6.04. The molecule has 0 radical (unpaired) electrons. The molecule has 0 aromatic heterocycles. The van der Waals surface area contributed by atoms with Crippen LogP contribution in [-0.2, 0) is 9.53 Å². The topological polar surface area (TPSA) is 58.6 Å². The Bertz CT molecular complexity index is 520. The van der Waals surface area contributed by atoms with E-state index in [0.717, 1.165) is 0 Å². The van der Waals surface area contributed by atoms with Crippen molar-refractivity contribution in [2.24, 2.45) is 5.92 Å². The first-order chi connectivity index (χ1) is 9.56. The summed E-state index contributed by atoms with van der Waals surface area (Å²) in [4.78, 5) is 11.9. The minimum Gasteiger partial charge on any atom is -0.384 e. The average molecular weight is 296 g/mol. The smallest absolute Gasteiger partial charge is 0.224 e. The van der Waals surface area contributed by atoms with E-state index in [-0.39, 0.29) is 18.4 Å². The SMILES string of the molecule is COCC(C)CC(=O)Nc1cc(C#CCO)ccc1Cl. The number of aliphatic hydroxyl groups excluding tert-OH is 1. The zero-order valence-electron chi connectivity index (χ0n) is 11.6. The molecule has 5 heteroatoms. The number of halogens is 1. The molecule has 1 atom stereocenters. The van der Waals surface area contributed by atoms with E-state index < -0.39 is 0 Å². The lowest BCUT2D eigenvalue weighted by molar-refractivity contribution is -0.117. The van der Waals surface area contributed by atoms with Crippen LogP contribution in [0.5, 0.6) is 0 Å². The summed E-state index contributed by atoms with van der Waals surface area (Å²) in [6.07, 6.45) is 0.358. The molecule has 2 N–H and O–H groups in total. The molecule has 0 fully saturated rings. The van der Waals surface area contributed by atoms with Crippen LogP contribution < -0.4 is 5.32 Å². The van der Waals surface area contributed by atoms with Crippen LogP contribution in [0.4, 0.5) is 5.69 Å². The maximum Gasteiger partial charge on any atom is 0.224 e. The molecule has 1 aromatic carbocycles. The van der Waals surface area contributed by atoms with Crippen molar-refractivity contribution in [3.63, 3.8) is 0 Å². The number of anilines is 1. The molecular weight excluding hydrogens is 278 g/mol. The normalized spacial score (nSPS) is 11.4. The van der Waals surface area contributed by atoms with Gasteiger partial charge in [-0.3, -0.25) is 4.79 Å². The molecule has 1 rings (SSSR count). The number of methoxy groups -OCH3 is 1. The van der Waals surface area contributed by atoms with Gasteiger partial charge in [-0.05, 0) is 24.1 Å². The lowest BCUT2D eigenvalue weighted by Gasteiger charge is -2.11. The number of carbonyl (C=O) groups excluding carboxylic acids is 1. The van der Waals surface area contributed by atoms with Crippen LogP contribution in [0.15, 0.2) is 18.2 Å². The summed E-state index contributed by atoms with van der Waals surface area (Å²) in [5.41, 5.74) is 1.20. The zero-order valence-corrected chi connectivity index (χ0v) is 12.3. The number of rotatable bonds is 5. The molecule has 0 bridgehead atoms. The zero-order chi connectivity index (χ0) is 15.0. The fourth-order valence-corrected chi connectivity index (χ4v) is 1.87. The van der Waals surface area contributed by atoms with Crippen LogP contribution in [0.25, 0.3) is 0 Å². The number of nitrogens with one attached hydrogen (secondary N) is 1. The Morgan fingerprint density at radius 1 is 1.55 bits per heavy atom. The van der Waals surface area contributed by atoms with E-state index in [1.54, 1.807) is 25.3 Å². The van der Waals surface area contributed by atoms with Crippen molar-refractivity contribution in [2.45, 2.75) is 13.3 Å². The van der Waals surface area contributed by atoms with Gasteiger partial charge < -0.3 is 15.2 Å². The molecule has 1 amide bonds. The fourth-order valence-electron chi connectivity index (χ4n) is 1.70. The van der Waals surface area contributed by atoms with Gasteiger partial charge in [0.15, 0.2) is 0 Å². The quantitative estimate of drug-likeness (QED) is 0.820. The molecule has 0 saturated heterocycles. The first-order valence-electron chi connectivity index (χ1n) is 6.25. The van der Waals surface area contributed by atoms with E-state index in [9.17, 15) is 4.79 Å². The number of benzene rings is 1. The molecule has 0 spiro atoms. The Morgan fingerprint density at radius 2 is 2.30 bits per heavy atom. The molecule has 0 aliphatic carbocycles. The molecule has 0 aliphatic rings. The summed E-state index contributed by atoms with van der Waals surface area (Å²) in [6, 6.07) is 5.08. The van der Waals surface area contributed by atoms with Gasteiger partial charge in [0.05, 0.1) is 10.7 Å². The van der Waals surface area contributed by atoms with Crippen LogP contribution in [0.2, 0.25) is 5.02 Å². The number of ether oxygens (including phenoxy) is 1. The summed E-state index contributed by atoms with van der Waals surface area (Å²) in [5.74, 6) is 5.33. The van der Waals surface area contributed by atoms with E-state index in [1.807, 2.05) is 6.92 Å². The summed E-state index contributed by atoms with van der Waals surface area (Å²) < 4.78 is 4.99. The number of carbonyl (C=O) groups is 1. The molecule has 1 aromatic rings. The van der Waals surface area contributed by atoms with Gasteiger partial charge in [-0.2, -0.15) is 0 Å². The Kier molecular flexibility index (Phi) is 7.10. The highest BCUT2D eigenvalue weighted by Crippen LogP contribution is 2.23. The summed E-state index contributed by atoms with van der Waals surface area (Å²) in [5, 5.41) is 11.9. The Hall–Kier alpha value is -1.54. The second-order valence-electron chi connectivity index (χ2n) is 4.47. The van der Waals surface area contributed by atoms with Gasteiger partial charge in [-0.25, -0.2) is 0 Å². The van der Waals surface area contributed by atoms with Crippen molar-refractivity contribution < 1.29 is 14.6 Å². The van der Waals surface area contributed by atoms with Gasteiger partial charge in [0.1, 0.15) is 6.61 Å². The molecule has 4 nitrogen and oxygen atoms in total. The molecule has 0 heterocycles. The third kappa shape index (κ3) is 5.62. The van der Waals surface area contributed by atoms with E-state index in [1.165, 1.54) is 0 Å². The summed E-state index contributed by atoms with van der Waals surface area (Å²) in [7, 11) is 1.61. The van der Waals surface area contributed by atoms with E-state index >= 15 is 0 Å². The number of hydrogen-bond acceptors (Lipinski definition) is 3. The highest BCUT2D eigenvalue weighted by molar-refractivity contribution is 6.33. The van der Waals surface area contributed by atoms with Crippen molar-refractivity contribution in [1.82, 2.24) is 0 Å². The van der Waals surface area contributed by atoms with Crippen LogP contribution in [0.3, 0.4) is 0 Å². The maximum absolute atomic E-state index is 11.9. The standard InChI is InChI=1S/C15H18ClNO3/c1-11(10-20-2)8-15(19)17-14-9-12(4-3-7-18)5-6-13(14)16/h5-6,9,11,18H,7-8,10H2,1-2H3,(H,17,19). The van der Waals surface area contributed by atoms with Crippen molar-refractivity contribution in [2.75, 3.05) is 25.6 Å². The lowest BCUT2D eigenvalue weighted by Crippen LogP contribution is -2.17. The molecule has 108 valence electrons. The Morgan fingerprint density at radius 3 is 2.95 bits per heavy atom. The highest BCUT2D eigenvalue weighted by Gasteiger charge is 2.11. The first-order valence-corrected chi connectivity index (χ1v) is 6.62. The minimum absolute atomic E-state index is 0.122.